The molecule has 2 unspecified atom stereocenters. The molecule has 3 rings (SSSR count). The second-order valence-electron chi connectivity index (χ2n) is 9.68. The van der Waals surface area contributed by atoms with Gasteiger partial charge in [0.2, 0.25) is 0 Å². The van der Waals surface area contributed by atoms with Crippen LogP contribution in [0.25, 0.3) is 0 Å². The Morgan fingerprint density at radius 1 is 1.22 bits per heavy atom. The summed E-state index contributed by atoms with van der Waals surface area (Å²) in [6.45, 7) is 14.6. The molecule has 23 heavy (non-hydrogen) atoms. The molecular formula is C18H31N5. The molecule has 2 atom stereocenters. The van der Waals surface area contributed by atoms with Crippen molar-refractivity contribution >= 4 is 17.3 Å². The van der Waals surface area contributed by atoms with Crippen LogP contribution in [0, 0.1) is 10.8 Å². The maximum absolute atomic E-state index is 6.43. The van der Waals surface area contributed by atoms with Crippen LogP contribution in [0.1, 0.15) is 60.8 Å². The van der Waals surface area contributed by atoms with E-state index in [1.807, 2.05) is 0 Å². The van der Waals surface area contributed by atoms with Crippen molar-refractivity contribution in [1.29, 1.82) is 0 Å². The molecule has 5 nitrogen and oxygen atoms in total. The van der Waals surface area contributed by atoms with Crippen molar-refractivity contribution in [3.63, 3.8) is 0 Å². The first-order valence-corrected chi connectivity index (χ1v) is 8.63. The van der Waals surface area contributed by atoms with Crippen molar-refractivity contribution in [2.24, 2.45) is 10.8 Å². The van der Waals surface area contributed by atoms with Crippen molar-refractivity contribution in [1.82, 2.24) is 9.97 Å². The van der Waals surface area contributed by atoms with Gasteiger partial charge in [-0.2, -0.15) is 0 Å². The fraction of sp³-hybridized carbons (Fsp3) is 0.778. The monoisotopic (exact) mass is 317 g/mol. The van der Waals surface area contributed by atoms with E-state index in [1.54, 1.807) is 6.33 Å². The van der Waals surface area contributed by atoms with E-state index in [0.29, 0.717) is 22.6 Å². The van der Waals surface area contributed by atoms with Crippen molar-refractivity contribution < 1.29 is 0 Å². The third kappa shape index (κ3) is 3.24. The topological polar surface area (TPSA) is 67.1 Å². The molecule has 2 heterocycles. The van der Waals surface area contributed by atoms with E-state index < -0.39 is 0 Å². The maximum atomic E-state index is 6.43. The number of fused-ring (bicyclic) bond motifs is 2. The van der Waals surface area contributed by atoms with Gasteiger partial charge >= 0.3 is 0 Å². The molecule has 1 aliphatic heterocycles. The first kappa shape index (κ1) is 16.3. The zero-order valence-electron chi connectivity index (χ0n) is 15.4. The van der Waals surface area contributed by atoms with Crippen LogP contribution in [0.2, 0.25) is 0 Å². The third-order valence-electron chi connectivity index (χ3n) is 5.04. The summed E-state index contributed by atoms with van der Waals surface area (Å²) >= 11 is 0. The molecule has 0 radical (unpaired) electrons. The SMILES string of the molecule is CC1(C)CC2CC(C)(CN2c2ncnc(NC(C)(C)C)c2N)C1. The average molecular weight is 317 g/mol. The molecule has 2 fully saturated rings. The molecule has 0 spiro atoms. The van der Waals surface area contributed by atoms with Gasteiger partial charge in [-0.05, 0) is 50.9 Å². The van der Waals surface area contributed by atoms with Gasteiger partial charge in [0.1, 0.15) is 12.0 Å². The second-order valence-corrected chi connectivity index (χ2v) is 9.68. The largest absolute Gasteiger partial charge is 0.393 e. The van der Waals surface area contributed by atoms with E-state index in [4.69, 9.17) is 5.73 Å². The Labute approximate surface area is 140 Å². The fourth-order valence-corrected chi connectivity index (χ4v) is 4.78. The number of hydrogen-bond acceptors (Lipinski definition) is 5. The average Bonchev–Trinajstić information content (AvgIpc) is 2.59. The maximum Gasteiger partial charge on any atom is 0.157 e. The van der Waals surface area contributed by atoms with Crippen LogP contribution in [-0.2, 0) is 0 Å². The summed E-state index contributed by atoms with van der Waals surface area (Å²) in [6.07, 6.45) is 5.34. The van der Waals surface area contributed by atoms with Gasteiger partial charge in [-0.1, -0.05) is 20.8 Å². The van der Waals surface area contributed by atoms with Gasteiger partial charge in [-0.3, -0.25) is 0 Å². The number of nitrogens with zero attached hydrogens (tertiary/aromatic N) is 3. The number of nitrogen functional groups attached to an aromatic ring is 1. The molecule has 1 aliphatic carbocycles. The van der Waals surface area contributed by atoms with Crippen molar-refractivity contribution in [3.05, 3.63) is 6.33 Å². The van der Waals surface area contributed by atoms with Gasteiger partial charge in [-0.15, -0.1) is 0 Å². The van der Waals surface area contributed by atoms with Crippen LogP contribution < -0.4 is 16.0 Å². The number of hydrogen-bond donors (Lipinski definition) is 2. The molecule has 0 amide bonds. The molecule has 1 saturated heterocycles. The highest BCUT2D eigenvalue weighted by atomic mass is 15.3. The lowest BCUT2D eigenvalue weighted by molar-refractivity contribution is 0.136. The lowest BCUT2D eigenvalue weighted by Crippen LogP contribution is -2.35. The molecule has 128 valence electrons. The first-order valence-electron chi connectivity index (χ1n) is 8.63. The summed E-state index contributed by atoms with van der Waals surface area (Å²) in [5, 5.41) is 3.40. The predicted octanol–water partition coefficient (Wildman–Crippen LogP) is 3.67. The molecule has 2 bridgehead atoms. The molecule has 1 aromatic heterocycles. The molecule has 0 aromatic carbocycles. The van der Waals surface area contributed by atoms with Gasteiger partial charge in [0.05, 0.1) is 0 Å². The standard InChI is InChI=1S/C18H31N5/c1-16(2,3)22-14-13(19)15(21-11-20-14)23-10-18(6)8-12(23)7-17(4,5)9-18/h11-12H,7-10,19H2,1-6H3,(H,20,21,22). The van der Waals surface area contributed by atoms with Gasteiger partial charge < -0.3 is 16.0 Å². The molecule has 1 aromatic rings. The summed E-state index contributed by atoms with van der Waals surface area (Å²) in [5.41, 5.74) is 7.79. The summed E-state index contributed by atoms with van der Waals surface area (Å²) in [4.78, 5) is 11.3. The van der Waals surface area contributed by atoms with Crippen LogP contribution in [0.15, 0.2) is 6.33 Å². The number of aromatic nitrogens is 2. The van der Waals surface area contributed by atoms with Crippen molar-refractivity contribution in [2.45, 2.75) is 72.4 Å². The molecule has 1 saturated carbocycles. The molecule has 5 heteroatoms. The number of rotatable bonds is 2. The smallest absolute Gasteiger partial charge is 0.157 e. The number of anilines is 3. The summed E-state index contributed by atoms with van der Waals surface area (Å²) in [5.74, 6) is 1.64. The Balaban J connectivity index is 1.93. The number of nitrogens with one attached hydrogen (secondary N) is 1. The lowest BCUT2D eigenvalue weighted by atomic mass is 9.65. The van der Waals surface area contributed by atoms with Gasteiger partial charge in [-0.25, -0.2) is 9.97 Å². The van der Waals surface area contributed by atoms with E-state index in [1.165, 1.54) is 19.3 Å². The summed E-state index contributed by atoms with van der Waals surface area (Å²) in [6, 6.07) is 0.531. The predicted molar refractivity (Wildman–Crippen MR) is 96.7 cm³/mol. The Hall–Kier alpha value is -1.52. The van der Waals surface area contributed by atoms with E-state index >= 15 is 0 Å². The van der Waals surface area contributed by atoms with E-state index in [2.05, 4.69) is 61.7 Å². The first-order chi connectivity index (χ1) is 10.5. The summed E-state index contributed by atoms with van der Waals surface area (Å²) in [7, 11) is 0. The Morgan fingerprint density at radius 2 is 1.91 bits per heavy atom. The Bertz CT molecular complexity index is 604. The molecular weight excluding hydrogens is 286 g/mol. The zero-order valence-corrected chi connectivity index (χ0v) is 15.4. The van der Waals surface area contributed by atoms with E-state index in [9.17, 15) is 0 Å². The minimum Gasteiger partial charge on any atom is -0.393 e. The second kappa shape index (κ2) is 4.99. The lowest BCUT2D eigenvalue weighted by Gasteiger charge is -2.39. The Morgan fingerprint density at radius 3 is 2.57 bits per heavy atom. The van der Waals surface area contributed by atoms with Crippen molar-refractivity contribution in [3.8, 4) is 0 Å². The quantitative estimate of drug-likeness (QED) is 0.871. The number of nitrogens with two attached hydrogens (primary N) is 1. The van der Waals surface area contributed by atoms with Crippen LogP contribution in [0.5, 0.6) is 0 Å². The minimum atomic E-state index is -0.0748. The Kier molecular flexibility index (Phi) is 3.54. The van der Waals surface area contributed by atoms with Gasteiger partial charge in [0, 0.05) is 18.1 Å². The molecule has 3 N–H and O–H groups in total. The highest BCUT2D eigenvalue weighted by Crippen LogP contribution is 2.53. The van der Waals surface area contributed by atoms with Crippen LogP contribution in [0.3, 0.4) is 0 Å². The van der Waals surface area contributed by atoms with E-state index in [-0.39, 0.29) is 5.54 Å². The van der Waals surface area contributed by atoms with Gasteiger partial charge in [0.25, 0.3) is 0 Å². The van der Waals surface area contributed by atoms with E-state index in [0.717, 1.165) is 18.2 Å². The van der Waals surface area contributed by atoms with Crippen molar-refractivity contribution in [2.75, 3.05) is 22.5 Å². The minimum absolute atomic E-state index is 0.0748. The normalized spacial score (nSPS) is 29.7. The van der Waals surface area contributed by atoms with Gasteiger partial charge in [0.15, 0.2) is 11.6 Å². The molecule has 2 aliphatic rings. The van der Waals surface area contributed by atoms with Crippen LogP contribution in [0.4, 0.5) is 17.3 Å². The highest BCUT2D eigenvalue weighted by molar-refractivity contribution is 5.76. The third-order valence-corrected chi connectivity index (χ3v) is 5.04. The van der Waals surface area contributed by atoms with Crippen LogP contribution >= 0.6 is 0 Å². The van der Waals surface area contributed by atoms with Crippen LogP contribution in [-0.4, -0.2) is 28.1 Å². The highest BCUT2D eigenvalue weighted by Gasteiger charge is 2.50. The summed E-state index contributed by atoms with van der Waals surface area (Å²) < 4.78 is 0. The zero-order chi connectivity index (χ0) is 17.0. The fourth-order valence-electron chi connectivity index (χ4n) is 4.78.